The fourth-order valence-electron chi connectivity index (χ4n) is 2.69. The number of hydrogen-bond donors (Lipinski definition) is 1. The Bertz CT molecular complexity index is 511. The topological polar surface area (TPSA) is 73.5 Å². The highest BCUT2D eigenvalue weighted by Gasteiger charge is 2.51. The van der Waals surface area contributed by atoms with Crippen molar-refractivity contribution in [2.24, 2.45) is 5.73 Å². The number of hydrogen-bond acceptors (Lipinski definition) is 6. The molecule has 0 aliphatic carbocycles. The lowest BCUT2D eigenvalue weighted by Gasteiger charge is -2.32. The van der Waals surface area contributed by atoms with Crippen LogP contribution >= 0.6 is 0 Å². The van der Waals surface area contributed by atoms with Crippen molar-refractivity contribution in [3.8, 4) is 0 Å². The van der Waals surface area contributed by atoms with Crippen LogP contribution in [0.3, 0.4) is 0 Å². The summed E-state index contributed by atoms with van der Waals surface area (Å²) in [5.74, 6) is 0.757. The van der Waals surface area contributed by atoms with E-state index in [1.54, 1.807) is 12.4 Å². The second-order valence-electron chi connectivity index (χ2n) is 7.23. The molecular weight excluding hydrogens is 279 g/mol. The Labute approximate surface area is 132 Å². The van der Waals surface area contributed by atoms with Gasteiger partial charge < -0.3 is 19.9 Å². The molecule has 0 bridgehead atoms. The minimum atomic E-state index is -0.408. The molecule has 2 saturated heterocycles. The number of aromatic nitrogens is 2. The SMILES string of the molecule is CC1(C)OB(c2cnc(N3CCC(N)CC3)nc2)OC1(C)C. The van der Waals surface area contributed by atoms with Crippen molar-refractivity contribution in [1.29, 1.82) is 0 Å². The molecule has 0 unspecified atom stereocenters. The van der Waals surface area contributed by atoms with Gasteiger partial charge in [0.05, 0.1) is 11.2 Å². The molecule has 0 saturated carbocycles. The summed E-state index contributed by atoms with van der Waals surface area (Å²) in [6.45, 7) is 9.99. The second-order valence-corrected chi connectivity index (χ2v) is 7.23. The summed E-state index contributed by atoms with van der Waals surface area (Å²) < 4.78 is 12.0. The van der Waals surface area contributed by atoms with Gasteiger partial charge in [-0.05, 0) is 40.5 Å². The van der Waals surface area contributed by atoms with E-state index in [1.807, 2.05) is 27.7 Å². The fourth-order valence-corrected chi connectivity index (χ4v) is 2.69. The summed E-state index contributed by atoms with van der Waals surface area (Å²) in [6.07, 6.45) is 5.59. The lowest BCUT2D eigenvalue weighted by atomic mass is 9.81. The molecule has 0 spiro atoms. The maximum atomic E-state index is 6.02. The molecule has 120 valence electrons. The lowest BCUT2D eigenvalue weighted by molar-refractivity contribution is 0.00578. The zero-order chi connectivity index (χ0) is 16.0. The molecule has 1 aromatic heterocycles. The summed E-state index contributed by atoms with van der Waals surface area (Å²) in [6, 6.07) is 0.306. The molecule has 1 aromatic rings. The van der Waals surface area contributed by atoms with Crippen molar-refractivity contribution in [3.63, 3.8) is 0 Å². The molecule has 6 nitrogen and oxygen atoms in total. The van der Waals surface area contributed by atoms with Gasteiger partial charge in [0, 0.05) is 37.0 Å². The Morgan fingerprint density at radius 1 is 1.09 bits per heavy atom. The van der Waals surface area contributed by atoms with Gasteiger partial charge in [0.25, 0.3) is 0 Å². The maximum Gasteiger partial charge on any atom is 0.498 e. The first kappa shape index (κ1) is 15.7. The van der Waals surface area contributed by atoms with E-state index < -0.39 is 7.12 Å². The van der Waals surface area contributed by atoms with E-state index in [9.17, 15) is 0 Å². The Hall–Kier alpha value is -1.18. The first-order valence-corrected chi connectivity index (χ1v) is 7.97. The molecule has 0 amide bonds. The van der Waals surface area contributed by atoms with Crippen molar-refractivity contribution in [2.45, 2.75) is 57.8 Å². The third kappa shape index (κ3) is 2.85. The van der Waals surface area contributed by atoms with Gasteiger partial charge in [0.2, 0.25) is 5.95 Å². The molecule has 2 fully saturated rings. The van der Waals surface area contributed by atoms with Gasteiger partial charge in [0.1, 0.15) is 0 Å². The van der Waals surface area contributed by atoms with E-state index in [1.165, 1.54) is 0 Å². The van der Waals surface area contributed by atoms with Gasteiger partial charge in [-0.2, -0.15) is 0 Å². The third-order valence-corrected chi connectivity index (χ3v) is 5.01. The van der Waals surface area contributed by atoms with Crippen LogP contribution in [-0.2, 0) is 9.31 Å². The Balaban J connectivity index is 1.70. The molecule has 2 aliphatic heterocycles. The highest BCUT2D eigenvalue weighted by atomic mass is 16.7. The van der Waals surface area contributed by atoms with Crippen LogP contribution in [0.5, 0.6) is 0 Å². The fraction of sp³-hybridized carbons (Fsp3) is 0.733. The summed E-state index contributed by atoms with van der Waals surface area (Å²) in [7, 11) is -0.408. The van der Waals surface area contributed by atoms with Crippen LogP contribution in [0.1, 0.15) is 40.5 Å². The summed E-state index contributed by atoms with van der Waals surface area (Å²) >= 11 is 0. The first-order chi connectivity index (χ1) is 10.3. The smallest absolute Gasteiger partial charge is 0.399 e. The quantitative estimate of drug-likeness (QED) is 0.811. The van der Waals surface area contributed by atoms with Gasteiger partial charge in [0.15, 0.2) is 0 Å². The highest BCUT2D eigenvalue weighted by molar-refractivity contribution is 6.61. The van der Waals surface area contributed by atoms with Crippen LogP contribution in [0, 0.1) is 0 Å². The number of anilines is 1. The molecule has 0 atom stereocenters. The highest BCUT2D eigenvalue weighted by Crippen LogP contribution is 2.36. The summed E-state index contributed by atoms with van der Waals surface area (Å²) in [5, 5.41) is 0. The van der Waals surface area contributed by atoms with Crippen LogP contribution in [0.25, 0.3) is 0 Å². The second kappa shape index (κ2) is 5.47. The van der Waals surface area contributed by atoms with E-state index in [0.29, 0.717) is 6.04 Å². The van der Waals surface area contributed by atoms with Crippen LogP contribution in [-0.4, -0.2) is 47.4 Å². The standard InChI is InChI=1S/C15H25BN4O2/c1-14(2)15(3,4)22-16(21-14)11-9-18-13(19-10-11)20-7-5-12(17)6-8-20/h9-10,12H,5-8,17H2,1-4H3. The zero-order valence-electron chi connectivity index (χ0n) is 13.9. The normalized spacial score (nSPS) is 24.8. The van der Waals surface area contributed by atoms with E-state index >= 15 is 0 Å². The minimum absolute atomic E-state index is 0.306. The maximum absolute atomic E-state index is 6.02. The van der Waals surface area contributed by atoms with E-state index in [4.69, 9.17) is 15.0 Å². The average Bonchev–Trinajstić information content (AvgIpc) is 2.68. The van der Waals surface area contributed by atoms with Gasteiger partial charge in [-0.15, -0.1) is 0 Å². The monoisotopic (exact) mass is 304 g/mol. The van der Waals surface area contributed by atoms with Crippen LogP contribution in [0.4, 0.5) is 5.95 Å². The van der Waals surface area contributed by atoms with Crippen LogP contribution in [0.2, 0.25) is 0 Å². The number of rotatable bonds is 2. The van der Waals surface area contributed by atoms with Crippen LogP contribution in [0.15, 0.2) is 12.4 Å². The molecule has 3 rings (SSSR count). The van der Waals surface area contributed by atoms with E-state index in [0.717, 1.165) is 37.3 Å². The zero-order valence-corrected chi connectivity index (χ0v) is 13.9. The van der Waals surface area contributed by atoms with Gasteiger partial charge in [-0.25, -0.2) is 9.97 Å². The Morgan fingerprint density at radius 2 is 1.59 bits per heavy atom. The summed E-state index contributed by atoms with van der Waals surface area (Å²) in [4.78, 5) is 11.1. The number of piperidine rings is 1. The van der Waals surface area contributed by atoms with E-state index in [2.05, 4.69) is 14.9 Å². The van der Waals surface area contributed by atoms with Gasteiger partial charge >= 0.3 is 7.12 Å². The Morgan fingerprint density at radius 3 is 2.09 bits per heavy atom. The molecule has 0 radical (unpaired) electrons. The minimum Gasteiger partial charge on any atom is -0.399 e. The molecule has 3 heterocycles. The molecular formula is C15H25BN4O2. The van der Waals surface area contributed by atoms with Crippen LogP contribution < -0.4 is 16.1 Å². The van der Waals surface area contributed by atoms with Crippen molar-refractivity contribution in [3.05, 3.63) is 12.4 Å². The number of nitrogens with zero attached hydrogens (tertiary/aromatic N) is 3. The van der Waals surface area contributed by atoms with E-state index in [-0.39, 0.29) is 11.2 Å². The number of nitrogens with two attached hydrogens (primary N) is 1. The predicted molar refractivity (Wildman–Crippen MR) is 87.2 cm³/mol. The molecule has 0 aromatic carbocycles. The molecule has 22 heavy (non-hydrogen) atoms. The predicted octanol–water partition coefficient (Wildman–Crippen LogP) is 0.703. The van der Waals surface area contributed by atoms with Crippen molar-refractivity contribution >= 4 is 18.5 Å². The molecule has 2 N–H and O–H groups in total. The summed E-state index contributed by atoms with van der Waals surface area (Å²) in [5.41, 5.74) is 6.09. The largest absolute Gasteiger partial charge is 0.498 e. The third-order valence-electron chi connectivity index (χ3n) is 5.01. The van der Waals surface area contributed by atoms with Gasteiger partial charge in [-0.3, -0.25) is 0 Å². The average molecular weight is 304 g/mol. The Kier molecular flexibility index (Phi) is 3.91. The van der Waals surface area contributed by atoms with Crippen molar-refractivity contribution < 1.29 is 9.31 Å². The van der Waals surface area contributed by atoms with Crippen molar-refractivity contribution in [2.75, 3.05) is 18.0 Å². The first-order valence-electron chi connectivity index (χ1n) is 7.97. The molecule has 7 heteroatoms. The molecule has 2 aliphatic rings. The van der Waals surface area contributed by atoms with Gasteiger partial charge in [-0.1, -0.05) is 0 Å². The van der Waals surface area contributed by atoms with Crippen molar-refractivity contribution in [1.82, 2.24) is 9.97 Å². The lowest BCUT2D eigenvalue weighted by Crippen LogP contribution is -2.41.